The molecule has 0 aliphatic carbocycles. The van der Waals surface area contributed by atoms with Crippen molar-refractivity contribution < 1.29 is 45.6 Å². The predicted molar refractivity (Wildman–Crippen MR) is 251 cm³/mol. The molecule has 0 aliphatic rings. The average Bonchev–Trinajstić information content (AvgIpc) is 3.23. The van der Waals surface area contributed by atoms with Gasteiger partial charge in [-0.3, -0.25) is 4.55 Å². The van der Waals surface area contributed by atoms with E-state index in [9.17, 15) is 36.2 Å². The van der Waals surface area contributed by atoms with E-state index in [0.717, 1.165) is 50.7 Å². The molecule has 0 unspecified atom stereocenters. The summed E-state index contributed by atoms with van der Waals surface area (Å²) in [4.78, 5) is -0.804. The van der Waals surface area contributed by atoms with Crippen molar-refractivity contribution in [3.8, 4) is 34.5 Å². The number of aromatic hydroxyl groups is 1. The van der Waals surface area contributed by atoms with Crippen LogP contribution in [0.25, 0.3) is 0 Å². The van der Waals surface area contributed by atoms with Crippen LogP contribution in [-0.2, 0) is 33.1 Å². The Hall–Kier alpha value is -2.84. The largest absolute Gasteiger partial charge is 2.00 e. The van der Waals surface area contributed by atoms with Crippen molar-refractivity contribution in [1.29, 1.82) is 0 Å². The summed E-state index contributed by atoms with van der Waals surface area (Å²) in [5.41, 5.74) is 0.673. The van der Waals surface area contributed by atoms with Gasteiger partial charge in [-0.15, -0.1) is 5.75 Å². The van der Waals surface area contributed by atoms with Gasteiger partial charge in [0.1, 0.15) is 38.0 Å². The monoisotopic (exact) mass is 934 g/mol. The first kappa shape index (κ1) is 56.3. The molecule has 0 bridgehead atoms. The van der Waals surface area contributed by atoms with Crippen LogP contribution >= 0.6 is 0 Å². The van der Waals surface area contributed by atoms with Gasteiger partial charge in [0.25, 0.3) is 10.1 Å². The van der Waals surface area contributed by atoms with Crippen LogP contribution in [0, 0.1) is 0 Å². The van der Waals surface area contributed by atoms with Crippen LogP contribution in [0.5, 0.6) is 34.5 Å². The molecular formula is C50H70CaO10S2. The molecule has 0 heterocycles. The van der Waals surface area contributed by atoms with Crippen molar-refractivity contribution in [3.63, 3.8) is 0 Å². The topological polar surface area (TPSA) is 173 Å². The Kier molecular flexibility index (Phi) is 28.5. The van der Waals surface area contributed by atoms with Crippen LogP contribution in [0.15, 0.2) is 94.7 Å². The number of rotatable bonds is 30. The molecule has 0 aromatic heterocycles. The maximum atomic E-state index is 12.4. The number of phenolic OH excluding ortho intramolecular Hbond substituents is 1. The van der Waals surface area contributed by atoms with Crippen LogP contribution in [0.1, 0.15) is 166 Å². The maximum Gasteiger partial charge on any atom is 2.00 e. The molecule has 344 valence electrons. The summed E-state index contributed by atoms with van der Waals surface area (Å²) in [7, 11) is -9.24. The van der Waals surface area contributed by atoms with Gasteiger partial charge in [-0.05, 0) is 73.7 Å². The summed E-state index contributed by atoms with van der Waals surface area (Å²) >= 11 is 0. The predicted octanol–water partition coefficient (Wildman–Crippen LogP) is 13.2. The zero-order valence-electron chi connectivity index (χ0n) is 37.7. The Morgan fingerprint density at radius 3 is 1.21 bits per heavy atom. The van der Waals surface area contributed by atoms with Gasteiger partial charge in [0.2, 0.25) is 0 Å². The SMILES string of the molecule is CCCCCCCCCCCCCc1c(O)ccc(S(=O)(=O)O)c1Oc1ccccc1.CCCCCCCCCCCCCc1c([O-])ccc(S(=O)(=O)[O-])c1Oc1ccccc1.[Ca+2]. The zero-order valence-corrected chi connectivity index (χ0v) is 41.6. The molecule has 0 saturated carbocycles. The van der Waals surface area contributed by atoms with Crippen molar-refractivity contribution in [2.45, 2.75) is 178 Å². The quantitative estimate of drug-likeness (QED) is 0.0291. The molecule has 2 N–H and O–H groups in total. The van der Waals surface area contributed by atoms with E-state index < -0.39 is 25.1 Å². The van der Waals surface area contributed by atoms with Gasteiger partial charge in [-0.25, -0.2) is 8.42 Å². The summed E-state index contributed by atoms with van der Waals surface area (Å²) in [6.07, 6.45) is 27.1. The fourth-order valence-corrected chi connectivity index (χ4v) is 8.70. The van der Waals surface area contributed by atoms with E-state index in [4.69, 9.17) is 9.47 Å². The molecule has 10 nitrogen and oxygen atoms in total. The third kappa shape index (κ3) is 22.3. The number of unbranched alkanes of at least 4 members (excludes halogenated alkanes) is 20. The standard InChI is InChI=1S/2C25H36O5S.Ca/c2*1-2-3-4-5-6-7-8-9-10-11-15-18-22-23(26)19-20-24(31(27,28)29)25(22)30-21-16-13-12-14-17-21;/h2*12-14,16-17,19-20,26H,2-11,15,18H2,1H3,(H,27,28,29);/q;;+2/p-2. The molecule has 0 amide bonds. The first-order valence-corrected chi connectivity index (χ1v) is 25.8. The van der Waals surface area contributed by atoms with Crippen LogP contribution in [-0.4, -0.2) is 68.8 Å². The van der Waals surface area contributed by atoms with E-state index in [1.807, 2.05) is 6.07 Å². The van der Waals surface area contributed by atoms with Gasteiger partial charge in [0.15, 0.2) is 5.75 Å². The van der Waals surface area contributed by atoms with E-state index >= 15 is 0 Å². The van der Waals surface area contributed by atoms with Gasteiger partial charge in [-0.1, -0.05) is 185 Å². The van der Waals surface area contributed by atoms with Crippen molar-refractivity contribution >= 4 is 58.0 Å². The minimum absolute atomic E-state index is 0. The number of phenols is 1. The summed E-state index contributed by atoms with van der Waals surface area (Å²) in [5, 5.41) is 22.8. The molecule has 0 spiro atoms. The summed E-state index contributed by atoms with van der Waals surface area (Å²) in [6.45, 7) is 4.46. The maximum absolute atomic E-state index is 12.4. The molecular weight excluding hydrogens is 865 g/mol. The smallest absolute Gasteiger partial charge is 0.872 e. The molecule has 63 heavy (non-hydrogen) atoms. The third-order valence-corrected chi connectivity index (χ3v) is 12.7. The first-order valence-electron chi connectivity index (χ1n) is 22.9. The Morgan fingerprint density at radius 2 is 0.825 bits per heavy atom. The van der Waals surface area contributed by atoms with Crippen molar-refractivity contribution in [3.05, 3.63) is 96.1 Å². The fraction of sp³-hybridized carbons (Fsp3) is 0.520. The second kappa shape index (κ2) is 31.9. The number of ether oxygens (including phenoxy) is 2. The second-order valence-corrected chi connectivity index (χ2v) is 18.8. The average molecular weight is 935 g/mol. The number of hydrogen-bond donors (Lipinski definition) is 2. The summed E-state index contributed by atoms with van der Waals surface area (Å²) in [6, 6.07) is 22.0. The number of hydrogen-bond acceptors (Lipinski definition) is 9. The Labute approximate surface area is 408 Å². The Bertz CT molecular complexity index is 1910. The second-order valence-electron chi connectivity index (χ2n) is 16.1. The first-order chi connectivity index (χ1) is 29.9. The van der Waals surface area contributed by atoms with Crippen LogP contribution in [0.3, 0.4) is 0 Å². The van der Waals surface area contributed by atoms with E-state index in [1.165, 1.54) is 115 Å². The Balaban J connectivity index is 0.000000427. The van der Waals surface area contributed by atoms with E-state index in [0.29, 0.717) is 29.9 Å². The van der Waals surface area contributed by atoms with E-state index in [1.54, 1.807) is 54.6 Å². The molecule has 4 aromatic carbocycles. The molecule has 0 radical (unpaired) electrons. The third-order valence-electron chi connectivity index (χ3n) is 10.9. The van der Waals surface area contributed by atoms with E-state index in [2.05, 4.69) is 13.8 Å². The molecule has 0 aliphatic heterocycles. The number of benzene rings is 4. The van der Waals surface area contributed by atoms with Crippen LogP contribution in [0.4, 0.5) is 0 Å². The van der Waals surface area contributed by atoms with Crippen LogP contribution in [0.2, 0.25) is 0 Å². The van der Waals surface area contributed by atoms with Gasteiger partial charge in [0, 0.05) is 5.56 Å². The zero-order chi connectivity index (χ0) is 45.1. The van der Waals surface area contributed by atoms with Crippen molar-refractivity contribution in [2.24, 2.45) is 0 Å². The number of para-hydroxylation sites is 2. The minimum atomic E-state index is -4.76. The van der Waals surface area contributed by atoms with E-state index in [-0.39, 0.29) is 71.2 Å². The van der Waals surface area contributed by atoms with Gasteiger partial charge < -0.3 is 24.2 Å². The molecule has 0 saturated heterocycles. The van der Waals surface area contributed by atoms with Crippen molar-refractivity contribution in [1.82, 2.24) is 0 Å². The molecule has 0 fully saturated rings. The molecule has 4 aromatic rings. The van der Waals surface area contributed by atoms with Crippen LogP contribution < -0.4 is 14.6 Å². The normalized spacial score (nSPS) is 11.4. The van der Waals surface area contributed by atoms with Gasteiger partial charge in [-0.2, -0.15) is 8.42 Å². The fourth-order valence-electron chi connectivity index (χ4n) is 7.43. The molecule has 0 atom stereocenters. The summed E-state index contributed by atoms with van der Waals surface area (Å²) in [5.74, 6) is 0.383. The van der Waals surface area contributed by atoms with Crippen molar-refractivity contribution in [2.75, 3.05) is 0 Å². The Morgan fingerprint density at radius 1 is 0.476 bits per heavy atom. The minimum Gasteiger partial charge on any atom is -0.872 e. The molecule has 13 heteroatoms. The summed E-state index contributed by atoms with van der Waals surface area (Å²) < 4.78 is 80.1. The molecule has 4 rings (SSSR count). The van der Waals surface area contributed by atoms with Gasteiger partial charge >= 0.3 is 37.7 Å². The van der Waals surface area contributed by atoms with Gasteiger partial charge in [0.05, 0.1) is 4.90 Å².